The Balaban J connectivity index is 1.40. The Kier molecular flexibility index (Phi) is 6.28. The minimum atomic E-state index is 1.02. The molecule has 0 aliphatic heterocycles. The van der Waals surface area contributed by atoms with Gasteiger partial charge in [0, 0.05) is 0 Å². The Bertz CT molecular complexity index is 312. The van der Waals surface area contributed by atoms with Crippen molar-refractivity contribution in [3.8, 4) is 0 Å². The second-order valence-corrected chi connectivity index (χ2v) is 9.29. The predicted octanol–water partition coefficient (Wildman–Crippen LogP) is 7.23. The highest BCUT2D eigenvalue weighted by Gasteiger charge is 2.37. The van der Waals surface area contributed by atoms with Crippen molar-refractivity contribution in [1.82, 2.24) is 0 Å². The molecule has 0 radical (unpaired) electrons. The van der Waals surface area contributed by atoms with Gasteiger partial charge in [0.1, 0.15) is 0 Å². The molecule has 0 aromatic carbocycles. The van der Waals surface area contributed by atoms with Gasteiger partial charge in [0.15, 0.2) is 0 Å². The van der Waals surface area contributed by atoms with E-state index < -0.39 is 0 Å². The number of fused-ring (bicyclic) bond motifs is 1. The van der Waals surface area contributed by atoms with Crippen LogP contribution < -0.4 is 0 Å². The summed E-state index contributed by atoms with van der Waals surface area (Å²) >= 11 is 0. The molecule has 0 heterocycles. The average Bonchev–Trinajstić information content (AvgIpc) is 2.55. The molecule has 3 fully saturated rings. The average molecular weight is 305 g/mol. The largest absolute Gasteiger partial charge is 0.0654 e. The molecule has 0 aromatic heterocycles. The van der Waals surface area contributed by atoms with E-state index in [1.165, 1.54) is 32.1 Å². The lowest BCUT2D eigenvalue weighted by molar-refractivity contribution is 0.0628. The summed E-state index contributed by atoms with van der Waals surface area (Å²) in [7, 11) is 0. The first-order chi connectivity index (χ1) is 10.8. The van der Waals surface area contributed by atoms with Gasteiger partial charge in [-0.25, -0.2) is 0 Å². The second kappa shape index (κ2) is 8.20. The summed E-state index contributed by atoms with van der Waals surface area (Å²) in [6.07, 6.45) is 21.6. The summed E-state index contributed by atoms with van der Waals surface area (Å²) in [6.45, 7) is 4.82. The van der Waals surface area contributed by atoms with Crippen molar-refractivity contribution in [2.75, 3.05) is 0 Å². The third-order valence-electron chi connectivity index (χ3n) is 7.69. The van der Waals surface area contributed by atoms with Crippen LogP contribution in [-0.2, 0) is 0 Å². The third kappa shape index (κ3) is 4.30. The molecule has 3 aliphatic carbocycles. The van der Waals surface area contributed by atoms with Crippen LogP contribution in [0.25, 0.3) is 0 Å². The fraction of sp³-hybridized carbons (Fsp3) is 1.00. The van der Waals surface area contributed by atoms with Crippen LogP contribution in [0.4, 0.5) is 0 Å². The molecule has 0 spiro atoms. The van der Waals surface area contributed by atoms with Crippen LogP contribution in [0.15, 0.2) is 0 Å². The zero-order valence-electron chi connectivity index (χ0n) is 15.4. The van der Waals surface area contributed by atoms with Gasteiger partial charge in [-0.3, -0.25) is 0 Å². The first-order valence-electron chi connectivity index (χ1n) is 10.8. The molecule has 128 valence electrons. The van der Waals surface area contributed by atoms with E-state index in [0.29, 0.717) is 0 Å². The van der Waals surface area contributed by atoms with Crippen LogP contribution in [0.3, 0.4) is 0 Å². The van der Waals surface area contributed by atoms with Crippen molar-refractivity contribution in [3.05, 3.63) is 0 Å². The molecule has 3 aliphatic rings. The minimum Gasteiger partial charge on any atom is -0.0654 e. The minimum absolute atomic E-state index is 1.02. The zero-order valence-corrected chi connectivity index (χ0v) is 15.4. The highest BCUT2D eigenvalue weighted by atomic mass is 14.4. The molecule has 4 atom stereocenters. The Morgan fingerprint density at radius 3 is 1.95 bits per heavy atom. The number of hydrogen-bond acceptors (Lipinski definition) is 0. The maximum absolute atomic E-state index is 2.49. The molecular formula is C22H40. The highest BCUT2D eigenvalue weighted by molar-refractivity contribution is 4.88. The van der Waals surface area contributed by atoms with Crippen LogP contribution >= 0.6 is 0 Å². The smallest absolute Gasteiger partial charge is 0.0383 e. The van der Waals surface area contributed by atoms with Crippen LogP contribution in [-0.4, -0.2) is 0 Å². The lowest BCUT2D eigenvalue weighted by Crippen LogP contribution is -2.34. The van der Waals surface area contributed by atoms with Crippen LogP contribution in [0.2, 0.25) is 0 Å². The van der Waals surface area contributed by atoms with Gasteiger partial charge < -0.3 is 0 Å². The van der Waals surface area contributed by atoms with Gasteiger partial charge in [-0.1, -0.05) is 58.8 Å². The van der Waals surface area contributed by atoms with E-state index in [-0.39, 0.29) is 0 Å². The Morgan fingerprint density at radius 1 is 0.636 bits per heavy atom. The van der Waals surface area contributed by atoms with E-state index in [0.717, 1.165) is 35.5 Å². The first-order valence-corrected chi connectivity index (χ1v) is 10.8. The number of hydrogen-bond donors (Lipinski definition) is 0. The van der Waals surface area contributed by atoms with Crippen molar-refractivity contribution < 1.29 is 0 Å². The Labute approximate surface area is 139 Å². The van der Waals surface area contributed by atoms with Gasteiger partial charge >= 0.3 is 0 Å². The molecule has 0 nitrogen and oxygen atoms in total. The van der Waals surface area contributed by atoms with Crippen LogP contribution in [0.5, 0.6) is 0 Å². The summed E-state index contributed by atoms with van der Waals surface area (Å²) < 4.78 is 0. The molecule has 0 saturated heterocycles. The molecule has 3 rings (SSSR count). The van der Waals surface area contributed by atoms with Gasteiger partial charge in [0.25, 0.3) is 0 Å². The SMILES string of the molecule is CCCCCC1CCC([C@@H]2CC[C@H]3C[C@@H](C)CC[C@@H]3C2)CC1. The topological polar surface area (TPSA) is 0 Å². The van der Waals surface area contributed by atoms with E-state index in [4.69, 9.17) is 0 Å². The van der Waals surface area contributed by atoms with Gasteiger partial charge in [0.05, 0.1) is 0 Å². The molecular weight excluding hydrogens is 264 g/mol. The fourth-order valence-corrected chi connectivity index (χ4v) is 6.22. The van der Waals surface area contributed by atoms with Gasteiger partial charge in [-0.2, -0.15) is 0 Å². The summed E-state index contributed by atoms with van der Waals surface area (Å²) in [5.74, 6) is 6.59. The lowest BCUT2D eigenvalue weighted by Gasteiger charge is -2.45. The number of rotatable bonds is 5. The molecule has 0 heteroatoms. The van der Waals surface area contributed by atoms with E-state index in [1.807, 2.05) is 0 Å². The third-order valence-corrected chi connectivity index (χ3v) is 7.69. The molecule has 0 aromatic rings. The molecule has 3 saturated carbocycles. The summed E-state index contributed by atoms with van der Waals surface area (Å²) in [6, 6.07) is 0. The Hall–Kier alpha value is 0. The highest BCUT2D eigenvalue weighted by Crippen LogP contribution is 2.49. The van der Waals surface area contributed by atoms with Gasteiger partial charge in [-0.05, 0) is 80.5 Å². The summed E-state index contributed by atoms with van der Waals surface area (Å²) in [5, 5.41) is 0. The van der Waals surface area contributed by atoms with Gasteiger partial charge in [-0.15, -0.1) is 0 Å². The maximum atomic E-state index is 2.49. The summed E-state index contributed by atoms with van der Waals surface area (Å²) in [5.41, 5.74) is 0. The quantitative estimate of drug-likeness (QED) is 0.470. The van der Waals surface area contributed by atoms with E-state index >= 15 is 0 Å². The van der Waals surface area contributed by atoms with Crippen molar-refractivity contribution >= 4 is 0 Å². The molecule has 0 bridgehead atoms. The van der Waals surface area contributed by atoms with E-state index in [2.05, 4.69) is 13.8 Å². The standard InChI is InChI=1S/C22H40/c1-3-4-5-6-18-8-11-19(12-9-18)21-14-13-20-15-17(2)7-10-22(20)16-21/h17-22H,3-16H2,1-2H3/t17-,18?,19?,20-,21+,22+/m0/s1. The van der Waals surface area contributed by atoms with E-state index in [9.17, 15) is 0 Å². The van der Waals surface area contributed by atoms with Crippen molar-refractivity contribution in [2.45, 2.75) is 104 Å². The first kappa shape index (κ1) is 16.8. The molecule has 0 N–H and O–H groups in total. The summed E-state index contributed by atoms with van der Waals surface area (Å²) in [4.78, 5) is 0. The molecule has 0 unspecified atom stereocenters. The molecule has 0 amide bonds. The van der Waals surface area contributed by atoms with Crippen molar-refractivity contribution in [2.24, 2.45) is 35.5 Å². The zero-order chi connectivity index (χ0) is 15.4. The van der Waals surface area contributed by atoms with Crippen LogP contribution in [0.1, 0.15) is 104 Å². The normalized spacial score (nSPS) is 42.8. The van der Waals surface area contributed by atoms with Crippen LogP contribution in [0, 0.1) is 35.5 Å². The number of unbranched alkanes of at least 4 members (excludes halogenated alkanes) is 2. The fourth-order valence-electron chi connectivity index (χ4n) is 6.22. The van der Waals surface area contributed by atoms with Gasteiger partial charge in [0.2, 0.25) is 0 Å². The lowest BCUT2D eigenvalue weighted by atomic mass is 9.61. The predicted molar refractivity (Wildman–Crippen MR) is 96.9 cm³/mol. The second-order valence-electron chi connectivity index (χ2n) is 9.29. The van der Waals surface area contributed by atoms with Crippen molar-refractivity contribution in [1.29, 1.82) is 0 Å². The maximum Gasteiger partial charge on any atom is -0.0383 e. The van der Waals surface area contributed by atoms with Crippen molar-refractivity contribution in [3.63, 3.8) is 0 Å². The molecule has 22 heavy (non-hydrogen) atoms. The Morgan fingerprint density at radius 2 is 1.23 bits per heavy atom. The monoisotopic (exact) mass is 304 g/mol. The van der Waals surface area contributed by atoms with E-state index in [1.54, 1.807) is 57.8 Å².